The summed E-state index contributed by atoms with van der Waals surface area (Å²) in [6.07, 6.45) is 3.81. The molecule has 1 aromatic carbocycles. The minimum atomic E-state index is -0.441. The Labute approximate surface area is 156 Å². The third-order valence-corrected chi connectivity index (χ3v) is 4.22. The van der Waals surface area contributed by atoms with Crippen molar-refractivity contribution in [2.24, 2.45) is 0 Å². The summed E-state index contributed by atoms with van der Waals surface area (Å²) in [5, 5.41) is 2.70. The molecule has 1 fully saturated rings. The van der Waals surface area contributed by atoms with Crippen LogP contribution in [0.2, 0.25) is 0 Å². The highest BCUT2D eigenvalue weighted by atomic mass is 16.5. The van der Waals surface area contributed by atoms with E-state index in [4.69, 9.17) is 0 Å². The van der Waals surface area contributed by atoms with Crippen LogP contribution in [0.1, 0.15) is 20.8 Å². The van der Waals surface area contributed by atoms with Crippen LogP contribution < -0.4 is 10.2 Å². The fourth-order valence-electron chi connectivity index (χ4n) is 2.66. The smallest absolute Gasteiger partial charge is 0.337 e. The molecule has 140 valence electrons. The second-order valence-corrected chi connectivity index (χ2v) is 5.91. The van der Waals surface area contributed by atoms with E-state index in [-0.39, 0.29) is 5.69 Å². The van der Waals surface area contributed by atoms with E-state index >= 15 is 0 Å². The number of esters is 1. The highest BCUT2D eigenvalue weighted by molar-refractivity contribution is 6.03. The molecule has 1 aliphatic heterocycles. The van der Waals surface area contributed by atoms with Gasteiger partial charge >= 0.3 is 5.97 Å². The number of amides is 2. The number of carbonyl (C=O) groups is 3. The van der Waals surface area contributed by atoms with Crippen LogP contribution in [0.5, 0.6) is 0 Å². The lowest BCUT2D eigenvalue weighted by Gasteiger charge is -2.33. The highest BCUT2D eigenvalue weighted by Crippen LogP contribution is 2.14. The molecule has 0 aliphatic carbocycles. The van der Waals surface area contributed by atoms with Crippen molar-refractivity contribution in [2.45, 2.75) is 0 Å². The SMILES string of the molecule is COC(=O)c1ccc(NC(=O)c2cnc(N3CCN(C=O)CC3)cn2)cc1. The molecule has 0 radical (unpaired) electrons. The summed E-state index contributed by atoms with van der Waals surface area (Å²) < 4.78 is 4.63. The van der Waals surface area contributed by atoms with Crippen LogP contribution >= 0.6 is 0 Å². The first kappa shape index (κ1) is 18.3. The fraction of sp³-hybridized carbons (Fsp3) is 0.278. The number of carbonyl (C=O) groups excluding carboxylic acids is 3. The van der Waals surface area contributed by atoms with Crippen molar-refractivity contribution in [3.8, 4) is 0 Å². The number of benzene rings is 1. The molecule has 1 N–H and O–H groups in total. The molecule has 1 aliphatic rings. The first-order chi connectivity index (χ1) is 13.1. The molecule has 3 rings (SSSR count). The first-order valence-corrected chi connectivity index (χ1v) is 8.37. The molecule has 0 saturated carbocycles. The van der Waals surface area contributed by atoms with Crippen molar-refractivity contribution in [1.82, 2.24) is 14.9 Å². The van der Waals surface area contributed by atoms with Gasteiger partial charge in [-0.2, -0.15) is 0 Å². The molecule has 9 heteroatoms. The molecule has 1 aromatic heterocycles. The number of hydrogen-bond acceptors (Lipinski definition) is 7. The van der Waals surface area contributed by atoms with Gasteiger partial charge in [-0.3, -0.25) is 9.59 Å². The summed E-state index contributed by atoms with van der Waals surface area (Å²) >= 11 is 0. The average Bonchev–Trinajstić information content (AvgIpc) is 2.74. The van der Waals surface area contributed by atoms with E-state index in [9.17, 15) is 14.4 Å². The van der Waals surface area contributed by atoms with E-state index < -0.39 is 11.9 Å². The Balaban J connectivity index is 1.60. The van der Waals surface area contributed by atoms with Crippen LogP contribution in [0, 0.1) is 0 Å². The van der Waals surface area contributed by atoms with Gasteiger partial charge in [0, 0.05) is 31.9 Å². The molecule has 9 nitrogen and oxygen atoms in total. The van der Waals surface area contributed by atoms with Gasteiger partial charge in [-0.1, -0.05) is 0 Å². The topological polar surface area (TPSA) is 105 Å². The lowest BCUT2D eigenvalue weighted by molar-refractivity contribution is -0.118. The monoisotopic (exact) mass is 369 g/mol. The van der Waals surface area contributed by atoms with Crippen molar-refractivity contribution in [1.29, 1.82) is 0 Å². The normalized spacial score (nSPS) is 13.8. The highest BCUT2D eigenvalue weighted by Gasteiger charge is 2.17. The summed E-state index contributed by atoms with van der Waals surface area (Å²) in [6, 6.07) is 6.35. The molecule has 0 spiro atoms. The van der Waals surface area contributed by atoms with Crippen LogP contribution in [-0.4, -0.2) is 66.4 Å². The van der Waals surface area contributed by atoms with Crippen LogP contribution in [0.25, 0.3) is 0 Å². The van der Waals surface area contributed by atoms with E-state index in [1.807, 2.05) is 4.90 Å². The van der Waals surface area contributed by atoms with Gasteiger partial charge in [-0.05, 0) is 24.3 Å². The Bertz CT molecular complexity index is 815. The maximum Gasteiger partial charge on any atom is 0.337 e. The van der Waals surface area contributed by atoms with E-state index in [0.717, 1.165) is 6.41 Å². The lowest BCUT2D eigenvalue weighted by Crippen LogP contribution is -2.46. The minimum absolute atomic E-state index is 0.183. The van der Waals surface area contributed by atoms with Crippen molar-refractivity contribution in [3.05, 3.63) is 47.9 Å². The van der Waals surface area contributed by atoms with Crippen molar-refractivity contribution in [3.63, 3.8) is 0 Å². The number of rotatable bonds is 5. The molecular weight excluding hydrogens is 350 g/mol. The number of hydrogen-bond donors (Lipinski definition) is 1. The number of anilines is 2. The van der Waals surface area contributed by atoms with Gasteiger partial charge in [-0.25, -0.2) is 14.8 Å². The molecule has 2 aromatic rings. The number of ether oxygens (including phenoxy) is 1. The number of methoxy groups -OCH3 is 1. The van der Waals surface area contributed by atoms with Gasteiger partial charge in [0.25, 0.3) is 5.91 Å². The molecular formula is C18H19N5O4. The Morgan fingerprint density at radius 3 is 2.33 bits per heavy atom. The van der Waals surface area contributed by atoms with Gasteiger partial charge in [0.15, 0.2) is 0 Å². The molecule has 0 bridgehead atoms. The predicted molar refractivity (Wildman–Crippen MR) is 97.6 cm³/mol. The first-order valence-electron chi connectivity index (χ1n) is 8.37. The molecule has 0 unspecified atom stereocenters. The average molecular weight is 369 g/mol. The maximum atomic E-state index is 12.3. The third kappa shape index (κ3) is 4.38. The largest absolute Gasteiger partial charge is 0.465 e. The van der Waals surface area contributed by atoms with Gasteiger partial charge < -0.3 is 19.9 Å². The molecule has 27 heavy (non-hydrogen) atoms. The molecule has 2 amide bonds. The molecule has 2 heterocycles. The zero-order chi connectivity index (χ0) is 19.2. The second-order valence-electron chi connectivity index (χ2n) is 5.91. The van der Waals surface area contributed by atoms with E-state index in [1.54, 1.807) is 35.4 Å². The number of nitrogens with one attached hydrogen (secondary N) is 1. The molecule has 1 saturated heterocycles. The standard InChI is InChI=1S/C18H19N5O4/c1-27-18(26)13-2-4-14(5-3-13)21-17(25)15-10-20-16(11-19-15)23-8-6-22(12-24)7-9-23/h2-5,10-12H,6-9H2,1H3,(H,21,25). The van der Waals surface area contributed by atoms with Crippen molar-refractivity contribution in [2.75, 3.05) is 43.5 Å². The summed E-state index contributed by atoms with van der Waals surface area (Å²) in [5.74, 6) is -0.173. The minimum Gasteiger partial charge on any atom is -0.465 e. The van der Waals surface area contributed by atoms with E-state index in [1.165, 1.54) is 13.3 Å². The Hall–Kier alpha value is -3.49. The van der Waals surface area contributed by atoms with E-state index in [2.05, 4.69) is 20.0 Å². The van der Waals surface area contributed by atoms with Crippen molar-refractivity contribution < 1.29 is 19.1 Å². The third-order valence-electron chi connectivity index (χ3n) is 4.22. The number of aromatic nitrogens is 2. The van der Waals surface area contributed by atoms with Gasteiger partial charge in [0.05, 0.1) is 25.1 Å². The number of piperazine rings is 1. The van der Waals surface area contributed by atoms with Gasteiger partial charge in [-0.15, -0.1) is 0 Å². The van der Waals surface area contributed by atoms with Crippen LogP contribution in [0.4, 0.5) is 11.5 Å². The summed E-state index contributed by atoms with van der Waals surface area (Å²) in [5.41, 5.74) is 1.11. The lowest BCUT2D eigenvalue weighted by atomic mass is 10.2. The predicted octanol–water partition coefficient (Wildman–Crippen LogP) is 0.794. The zero-order valence-corrected chi connectivity index (χ0v) is 14.8. The number of nitrogens with zero attached hydrogens (tertiary/aromatic N) is 4. The van der Waals surface area contributed by atoms with Gasteiger partial charge in [0.2, 0.25) is 6.41 Å². The van der Waals surface area contributed by atoms with Gasteiger partial charge in [0.1, 0.15) is 11.5 Å². The second kappa shape index (κ2) is 8.26. The summed E-state index contributed by atoms with van der Waals surface area (Å²) in [6.45, 7) is 2.61. The maximum absolute atomic E-state index is 12.3. The quantitative estimate of drug-likeness (QED) is 0.614. The summed E-state index contributed by atoms with van der Waals surface area (Å²) in [7, 11) is 1.31. The zero-order valence-electron chi connectivity index (χ0n) is 14.8. The summed E-state index contributed by atoms with van der Waals surface area (Å²) in [4.78, 5) is 46.7. The van der Waals surface area contributed by atoms with Crippen LogP contribution in [0.15, 0.2) is 36.7 Å². The Kier molecular flexibility index (Phi) is 5.60. The Morgan fingerprint density at radius 1 is 1.07 bits per heavy atom. The fourth-order valence-corrected chi connectivity index (χ4v) is 2.66. The van der Waals surface area contributed by atoms with E-state index in [0.29, 0.717) is 43.2 Å². The van der Waals surface area contributed by atoms with Crippen molar-refractivity contribution >= 4 is 29.8 Å². The van der Waals surface area contributed by atoms with Crippen LogP contribution in [-0.2, 0) is 9.53 Å². The Morgan fingerprint density at radius 2 is 1.78 bits per heavy atom. The van der Waals surface area contributed by atoms with Crippen LogP contribution in [0.3, 0.4) is 0 Å². The molecule has 0 atom stereocenters.